The maximum absolute atomic E-state index is 9.09. The summed E-state index contributed by atoms with van der Waals surface area (Å²) in [5, 5.41) is 9.09. The van der Waals surface area contributed by atoms with Crippen LogP contribution in [0.2, 0.25) is 0 Å². The second-order valence-corrected chi connectivity index (χ2v) is 4.02. The first-order valence-electron chi connectivity index (χ1n) is 5.38. The molecule has 1 aromatic heterocycles. The van der Waals surface area contributed by atoms with E-state index in [2.05, 4.69) is 0 Å². The summed E-state index contributed by atoms with van der Waals surface area (Å²) in [7, 11) is 0. The highest BCUT2D eigenvalue weighted by Gasteiger charge is 2.20. The summed E-state index contributed by atoms with van der Waals surface area (Å²) in [6.07, 6.45) is 1.48. The average molecular weight is 242 g/mol. The fourth-order valence-corrected chi connectivity index (χ4v) is 2.02. The van der Waals surface area contributed by atoms with Crippen LogP contribution in [-0.4, -0.2) is 6.79 Å². The van der Waals surface area contributed by atoms with Crippen LogP contribution in [0, 0.1) is 18.3 Å². The smallest absolute Gasteiger partial charge is 0.231 e. The molecule has 3 rings (SSSR count). The van der Waals surface area contributed by atoms with E-state index < -0.39 is 0 Å². The molecule has 0 saturated heterocycles. The molecule has 0 unspecified atom stereocenters. The van der Waals surface area contributed by atoms with E-state index >= 15 is 0 Å². The van der Waals surface area contributed by atoms with Gasteiger partial charge < -0.3 is 19.6 Å². The van der Waals surface area contributed by atoms with Crippen LogP contribution in [-0.2, 0) is 0 Å². The van der Waals surface area contributed by atoms with Gasteiger partial charge in [-0.25, -0.2) is 0 Å². The first kappa shape index (κ1) is 10.5. The lowest BCUT2D eigenvalue weighted by Crippen LogP contribution is -1.92. The Morgan fingerprint density at radius 2 is 1.94 bits per heavy atom. The van der Waals surface area contributed by atoms with E-state index in [4.69, 9.17) is 24.9 Å². The number of ether oxygens (including phenoxy) is 2. The molecule has 1 aliphatic heterocycles. The van der Waals surface area contributed by atoms with Gasteiger partial charge in [-0.2, -0.15) is 5.26 Å². The molecule has 1 aliphatic rings. The van der Waals surface area contributed by atoms with Gasteiger partial charge in [-0.05, 0) is 30.2 Å². The standard InChI is InChI=1S/C13H10N2O3/c1-7-2-11-12(18-6-17-11)3-8(7)10-5-16-13(15)9(10)4-14/h2-3,5H,6,15H2,1H3. The Balaban J connectivity index is 2.21. The van der Waals surface area contributed by atoms with Gasteiger partial charge in [-0.1, -0.05) is 0 Å². The van der Waals surface area contributed by atoms with Crippen molar-refractivity contribution >= 4 is 5.88 Å². The Hall–Kier alpha value is -2.61. The Morgan fingerprint density at radius 3 is 2.67 bits per heavy atom. The summed E-state index contributed by atoms with van der Waals surface area (Å²) in [4.78, 5) is 0. The first-order valence-corrected chi connectivity index (χ1v) is 5.38. The van der Waals surface area contributed by atoms with E-state index in [9.17, 15) is 0 Å². The lowest BCUT2D eigenvalue weighted by Gasteiger charge is -2.05. The topological polar surface area (TPSA) is 81.4 Å². The van der Waals surface area contributed by atoms with E-state index in [0.717, 1.165) is 11.1 Å². The van der Waals surface area contributed by atoms with E-state index in [0.29, 0.717) is 22.6 Å². The minimum atomic E-state index is 0.129. The van der Waals surface area contributed by atoms with Crippen molar-refractivity contribution in [3.05, 3.63) is 29.5 Å². The normalized spacial score (nSPS) is 12.4. The van der Waals surface area contributed by atoms with Gasteiger partial charge >= 0.3 is 0 Å². The zero-order chi connectivity index (χ0) is 12.7. The van der Waals surface area contributed by atoms with Crippen molar-refractivity contribution in [2.24, 2.45) is 0 Å². The molecule has 5 heteroatoms. The molecule has 0 aliphatic carbocycles. The Bertz CT molecular complexity index is 668. The van der Waals surface area contributed by atoms with Crippen molar-refractivity contribution < 1.29 is 13.9 Å². The number of nitrogen functional groups attached to an aromatic ring is 1. The molecule has 0 fully saturated rings. The van der Waals surface area contributed by atoms with Gasteiger partial charge in [-0.3, -0.25) is 0 Å². The SMILES string of the molecule is Cc1cc2c(cc1-c1coc(N)c1C#N)OCO2. The number of nitrogens with zero attached hydrogens (tertiary/aromatic N) is 1. The predicted molar refractivity (Wildman–Crippen MR) is 64.1 cm³/mol. The van der Waals surface area contributed by atoms with Gasteiger partial charge in [0.1, 0.15) is 17.9 Å². The molecule has 0 amide bonds. The number of furan rings is 1. The summed E-state index contributed by atoms with van der Waals surface area (Å²) in [5.41, 5.74) is 8.45. The number of rotatable bonds is 1. The largest absolute Gasteiger partial charge is 0.454 e. The van der Waals surface area contributed by atoms with Crippen LogP contribution in [0.25, 0.3) is 11.1 Å². The van der Waals surface area contributed by atoms with Gasteiger partial charge in [-0.15, -0.1) is 0 Å². The zero-order valence-corrected chi connectivity index (χ0v) is 9.69. The highest BCUT2D eigenvalue weighted by atomic mass is 16.7. The lowest BCUT2D eigenvalue weighted by molar-refractivity contribution is 0.174. The zero-order valence-electron chi connectivity index (χ0n) is 9.69. The Kier molecular flexibility index (Phi) is 2.17. The number of hydrogen-bond donors (Lipinski definition) is 1. The predicted octanol–water partition coefficient (Wildman–Crippen LogP) is 2.44. The lowest BCUT2D eigenvalue weighted by atomic mass is 9.99. The van der Waals surface area contributed by atoms with Gasteiger partial charge in [0, 0.05) is 5.56 Å². The Morgan fingerprint density at radius 1 is 1.22 bits per heavy atom. The molecule has 5 nitrogen and oxygen atoms in total. The quantitative estimate of drug-likeness (QED) is 0.830. The minimum Gasteiger partial charge on any atom is -0.454 e. The van der Waals surface area contributed by atoms with Gasteiger partial charge in [0.05, 0.1) is 0 Å². The van der Waals surface area contributed by atoms with E-state index in [-0.39, 0.29) is 12.7 Å². The second kappa shape index (κ2) is 3.70. The fraction of sp³-hybridized carbons (Fsp3) is 0.154. The number of anilines is 1. The summed E-state index contributed by atoms with van der Waals surface area (Å²) < 4.78 is 15.7. The highest BCUT2D eigenvalue weighted by molar-refractivity contribution is 5.78. The molecule has 2 heterocycles. The molecule has 0 bridgehead atoms. The third-order valence-electron chi connectivity index (χ3n) is 2.94. The number of nitriles is 1. The minimum absolute atomic E-state index is 0.129. The summed E-state index contributed by atoms with van der Waals surface area (Å²) in [6, 6.07) is 5.76. The fourth-order valence-electron chi connectivity index (χ4n) is 2.02. The van der Waals surface area contributed by atoms with Crippen molar-refractivity contribution in [3.63, 3.8) is 0 Å². The molecule has 18 heavy (non-hydrogen) atoms. The summed E-state index contributed by atoms with van der Waals surface area (Å²) >= 11 is 0. The van der Waals surface area contributed by atoms with Gasteiger partial charge in [0.25, 0.3) is 0 Å². The van der Waals surface area contributed by atoms with Gasteiger partial charge in [0.2, 0.25) is 12.7 Å². The second-order valence-electron chi connectivity index (χ2n) is 4.02. The van der Waals surface area contributed by atoms with E-state index in [1.807, 2.05) is 25.1 Å². The van der Waals surface area contributed by atoms with Crippen LogP contribution in [0.4, 0.5) is 5.88 Å². The van der Waals surface area contributed by atoms with Crippen LogP contribution in [0.15, 0.2) is 22.8 Å². The molecule has 2 N–H and O–H groups in total. The van der Waals surface area contributed by atoms with Crippen LogP contribution >= 0.6 is 0 Å². The highest BCUT2D eigenvalue weighted by Crippen LogP contribution is 2.40. The molecule has 2 aromatic rings. The molecule has 90 valence electrons. The van der Waals surface area contributed by atoms with Crippen LogP contribution in [0.3, 0.4) is 0 Å². The summed E-state index contributed by atoms with van der Waals surface area (Å²) in [6.45, 7) is 2.15. The number of benzene rings is 1. The number of fused-ring (bicyclic) bond motifs is 1. The number of nitrogens with two attached hydrogens (primary N) is 1. The third kappa shape index (κ3) is 1.39. The molecular weight excluding hydrogens is 232 g/mol. The molecule has 0 saturated carbocycles. The average Bonchev–Trinajstić information content (AvgIpc) is 2.93. The molecule has 1 aromatic carbocycles. The monoisotopic (exact) mass is 242 g/mol. The molecule has 0 atom stereocenters. The number of hydrogen-bond acceptors (Lipinski definition) is 5. The van der Waals surface area contributed by atoms with Crippen molar-refractivity contribution in [2.45, 2.75) is 6.92 Å². The maximum Gasteiger partial charge on any atom is 0.231 e. The molecule has 0 spiro atoms. The Labute approximate surface area is 103 Å². The first-order chi connectivity index (χ1) is 8.70. The van der Waals surface area contributed by atoms with Crippen LogP contribution in [0.1, 0.15) is 11.1 Å². The molecule has 0 radical (unpaired) electrons. The molecular formula is C13H10N2O3. The van der Waals surface area contributed by atoms with Crippen molar-refractivity contribution in [1.29, 1.82) is 5.26 Å². The van der Waals surface area contributed by atoms with Crippen molar-refractivity contribution in [1.82, 2.24) is 0 Å². The van der Waals surface area contributed by atoms with Crippen molar-refractivity contribution in [3.8, 4) is 28.7 Å². The van der Waals surface area contributed by atoms with E-state index in [1.54, 1.807) is 0 Å². The van der Waals surface area contributed by atoms with E-state index in [1.165, 1.54) is 6.26 Å². The third-order valence-corrected chi connectivity index (χ3v) is 2.94. The van der Waals surface area contributed by atoms with Crippen molar-refractivity contribution in [2.75, 3.05) is 12.5 Å². The van der Waals surface area contributed by atoms with Gasteiger partial charge in [0.15, 0.2) is 11.5 Å². The van der Waals surface area contributed by atoms with Crippen LogP contribution < -0.4 is 15.2 Å². The summed E-state index contributed by atoms with van der Waals surface area (Å²) in [5.74, 6) is 1.51. The maximum atomic E-state index is 9.09. The number of aryl methyl sites for hydroxylation is 1. The van der Waals surface area contributed by atoms with Crippen LogP contribution in [0.5, 0.6) is 11.5 Å².